The molecule has 3 N–H and O–H groups in total. The molecule has 0 aliphatic heterocycles. The van der Waals surface area contributed by atoms with Crippen LogP contribution in [0.5, 0.6) is 5.75 Å². The number of hydrogen-bond donors (Lipinski definition) is 3. The third-order valence-electron chi connectivity index (χ3n) is 4.81. The van der Waals surface area contributed by atoms with Gasteiger partial charge < -0.3 is 15.5 Å². The number of anilines is 1. The zero-order valence-corrected chi connectivity index (χ0v) is 18.2. The molecular formula is C21H23IN2O2S. The highest BCUT2D eigenvalue weighted by molar-refractivity contribution is 14.1. The monoisotopic (exact) mass is 494 g/mol. The number of alkyl halides is 1. The summed E-state index contributed by atoms with van der Waals surface area (Å²) in [4.78, 5) is 5.43. The number of phenols is 1. The van der Waals surface area contributed by atoms with Gasteiger partial charge in [-0.3, -0.25) is 0 Å². The van der Waals surface area contributed by atoms with E-state index in [0.717, 1.165) is 20.4 Å². The zero-order chi connectivity index (χ0) is 19.4. The summed E-state index contributed by atoms with van der Waals surface area (Å²) in [5.41, 5.74) is 1.67. The molecule has 1 aromatic heterocycles. The van der Waals surface area contributed by atoms with Crippen molar-refractivity contribution in [1.82, 2.24) is 4.98 Å². The average Bonchev–Trinajstić information content (AvgIpc) is 3.09. The first-order valence-electron chi connectivity index (χ1n) is 8.71. The van der Waals surface area contributed by atoms with Gasteiger partial charge in [-0.1, -0.05) is 72.0 Å². The predicted octanol–water partition coefficient (Wildman–Crippen LogP) is 5.16. The summed E-state index contributed by atoms with van der Waals surface area (Å²) >= 11 is 3.87. The maximum absolute atomic E-state index is 11.2. The first-order chi connectivity index (χ1) is 12.9. The topological polar surface area (TPSA) is 65.4 Å². The van der Waals surface area contributed by atoms with E-state index < -0.39 is 11.6 Å². The van der Waals surface area contributed by atoms with Crippen LogP contribution < -0.4 is 5.32 Å². The number of aromatic hydroxyl groups is 1. The van der Waals surface area contributed by atoms with Crippen molar-refractivity contribution >= 4 is 39.1 Å². The Morgan fingerprint density at radius 1 is 1.11 bits per heavy atom. The molecule has 142 valence electrons. The van der Waals surface area contributed by atoms with Crippen molar-refractivity contribution in [2.24, 2.45) is 5.41 Å². The number of rotatable bonds is 7. The van der Waals surface area contributed by atoms with Crippen molar-refractivity contribution in [3.8, 4) is 5.75 Å². The van der Waals surface area contributed by atoms with Gasteiger partial charge in [-0.05, 0) is 30.2 Å². The van der Waals surface area contributed by atoms with Gasteiger partial charge in [0.15, 0.2) is 5.13 Å². The Hall–Kier alpha value is -1.64. The molecule has 0 fully saturated rings. The van der Waals surface area contributed by atoms with Crippen LogP contribution in [0.25, 0.3) is 0 Å². The molecule has 27 heavy (non-hydrogen) atoms. The number of phenolic OH excluding ortho intramolecular Hbond substituents is 1. The van der Waals surface area contributed by atoms with E-state index in [9.17, 15) is 10.2 Å². The fourth-order valence-electron chi connectivity index (χ4n) is 3.28. The predicted molar refractivity (Wildman–Crippen MR) is 120 cm³/mol. The summed E-state index contributed by atoms with van der Waals surface area (Å²) < 4.78 is 0.726. The lowest BCUT2D eigenvalue weighted by molar-refractivity contribution is 0.0672. The molecule has 0 amide bonds. The largest absolute Gasteiger partial charge is 0.508 e. The van der Waals surface area contributed by atoms with Gasteiger partial charge in [0.1, 0.15) is 12.0 Å². The number of benzene rings is 2. The van der Waals surface area contributed by atoms with Crippen LogP contribution in [0.4, 0.5) is 5.13 Å². The third kappa shape index (κ3) is 4.44. The molecule has 1 heterocycles. The number of hydrogen-bond acceptors (Lipinski definition) is 5. The molecule has 0 saturated heterocycles. The second-order valence-corrected chi connectivity index (χ2v) is 8.90. The van der Waals surface area contributed by atoms with Gasteiger partial charge in [-0.15, -0.1) is 11.3 Å². The van der Waals surface area contributed by atoms with Crippen LogP contribution in [0.15, 0.2) is 60.8 Å². The van der Waals surface area contributed by atoms with E-state index in [2.05, 4.69) is 51.9 Å². The molecule has 0 aliphatic carbocycles. The minimum atomic E-state index is -0.793. The minimum Gasteiger partial charge on any atom is -0.508 e. The van der Waals surface area contributed by atoms with Gasteiger partial charge in [0.05, 0.1) is 0 Å². The first kappa shape index (κ1) is 20.1. The standard InChI is InChI=1S/C21H23IN2O2S/c1-14-12-23-20(27-14)24-19(26)21(2,13-22)18(15-6-4-3-5-7-15)16-8-10-17(25)11-9-16/h3-12,18-19,25-26H,13H2,1-2H3,(H,23,24). The lowest BCUT2D eigenvalue weighted by atomic mass is 9.70. The van der Waals surface area contributed by atoms with Crippen molar-refractivity contribution in [2.75, 3.05) is 9.74 Å². The van der Waals surface area contributed by atoms with E-state index in [-0.39, 0.29) is 11.7 Å². The Morgan fingerprint density at radius 3 is 2.30 bits per heavy atom. The maximum Gasteiger partial charge on any atom is 0.184 e. The maximum atomic E-state index is 11.2. The summed E-state index contributed by atoms with van der Waals surface area (Å²) in [6.07, 6.45) is 1.01. The molecule has 0 saturated carbocycles. The van der Waals surface area contributed by atoms with Crippen molar-refractivity contribution in [1.29, 1.82) is 0 Å². The second kappa shape index (κ2) is 8.58. The number of nitrogens with zero attached hydrogens (tertiary/aromatic N) is 1. The van der Waals surface area contributed by atoms with Crippen molar-refractivity contribution in [3.05, 3.63) is 76.8 Å². The molecule has 3 atom stereocenters. The molecule has 0 aliphatic rings. The van der Waals surface area contributed by atoms with Crippen LogP contribution in [0.3, 0.4) is 0 Å². The summed E-state index contributed by atoms with van der Waals surface area (Å²) in [6, 6.07) is 17.4. The number of nitrogens with one attached hydrogen (secondary N) is 1. The van der Waals surface area contributed by atoms with E-state index in [1.54, 1.807) is 18.3 Å². The minimum absolute atomic E-state index is 0.0558. The van der Waals surface area contributed by atoms with Crippen molar-refractivity contribution in [2.45, 2.75) is 26.0 Å². The zero-order valence-electron chi connectivity index (χ0n) is 15.3. The van der Waals surface area contributed by atoms with Crippen LogP contribution in [-0.2, 0) is 0 Å². The van der Waals surface area contributed by atoms with Crippen LogP contribution in [0, 0.1) is 12.3 Å². The van der Waals surface area contributed by atoms with Gasteiger partial charge in [-0.2, -0.15) is 0 Å². The van der Waals surface area contributed by atoms with Crippen LogP contribution in [0.1, 0.15) is 28.8 Å². The average molecular weight is 494 g/mol. The number of aryl methyl sites for hydroxylation is 1. The second-order valence-electron chi connectivity index (χ2n) is 6.90. The van der Waals surface area contributed by atoms with Crippen LogP contribution in [0.2, 0.25) is 0 Å². The SMILES string of the molecule is Cc1cnc(NC(O)C(C)(CI)C(c2ccccc2)c2ccc(O)cc2)s1. The smallest absolute Gasteiger partial charge is 0.184 e. The van der Waals surface area contributed by atoms with Gasteiger partial charge >= 0.3 is 0 Å². The normalized spacial score (nSPS) is 15.7. The third-order valence-corrected chi connectivity index (χ3v) is 7.30. The van der Waals surface area contributed by atoms with Crippen LogP contribution in [-0.4, -0.2) is 25.9 Å². The van der Waals surface area contributed by atoms with E-state index in [4.69, 9.17) is 0 Å². The molecule has 3 unspecified atom stereocenters. The summed E-state index contributed by atoms with van der Waals surface area (Å²) in [7, 11) is 0. The molecule has 4 nitrogen and oxygen atoms in total. The summed E-state index contributed by atoms with van der Waals surface area (Å²) in [5, 5.41) is 24.8. The van der Waals surface area contributed by atoms with E-state index in [1.165, 1.54) is 11.3 Å². The van der Waals surface area contributed by atoms with Gasteiger partial charge in [0, 0.05) is 26.8 Å². The highest BCUT2D eigenvalue weighted by Gasteiger charge is 2.42. The number of aromatic nitrogens is 1. The van der Waals surface area contributed by atoms with E-state index >= 15 is 0 Å². The Balaban J connectivity index is 2.02. The molecule has 0 spiro atoms. The van der Waals surface area contributed by atoms with E-state index in [0.29, 0.717) is 5.13 Å². The molecule has 6 heteroatoms. The van der Waals surface area contributed by atoms with Gasteiger partial charge in [-0.25, -0.2) is 4.98 Å². The highest BCUT2D eigenvalue weighted by Crippen LogP contribution is 2.45. The summed E-state index contributed by atoms with van der Waals surface area (Å²) in [5.74, 6) is 0.179. The van der Waals surface area contributed by atoms with Gasteiger partial charge in [0.2, 0.25) is 0 Å². The summed E-state index contributed by atoms with van der Waals surface area (Å²) in [6.45, 7) is 4.08. The molecule has 3 aromatic rings. The molecule has 2 aromatic carbocycles. The number of thiazole rings is 1. The Kier molecular flexibility index (Phi) is 6.39. The van der Waals surface area contributed by atoms with Gasteiger partial charge in [0.25, 0.3) is 0 Å². The highest BCUT2D eigenvalue weighted by atomic mass is 127. The number of halogens is 1. The molecule has 3 rings (SSSR count). The Morgan fingerprint density at radius 2 is 1.74 bits per heavy atom. The Bertz CT molecular complexity index is 869. The van der Waals surface area contributed by atoms with Crippen molar-refractivity contribution < 1.29 is 10.2 Å². The molecule has 0 bridgehead atoms. The van der Waals surface area contributed by atoms with E-state index in [1.807, 2.05) is 37.3 Å². The molecule has 0 radical (unpaired) electrons. The number of aliphatic hydroxyl groups is 1. The molecular weight excluding hydrogens is 471 g/mol. The van der Waals surface area contributed by atoms with Crippen LogP contribution >= 0.6 is 33.9 Å². The fraction of sp³-hybridized carbons (Fsp3) is 0.286. The number of aliphatic hydroxyl groups excluding tert-OH is 1. The fourth-order valence-corrected chi connectivity index (χ4v) is 4.82. The van der Waals surface area contributed by atoms with Crippen molar-refractivity contribution in [3.63, 3.8) is 0 Å². The first-order valence-corrected chi connectivity index (χ1v) is 11.0. The lowest BCUT2D eigenvalue weighted by Gasteiger charge is -2.41. The Labute approximate surface area is 177 Å². The quantitative estimate of drug-likeness (QED) is 0.241. The lowest BCUT2D eigenvalue weighted by Crippen LogP contribution is -2.44.